The molecule has 0 aromatic heterocycles. The van der Waals surface area contributed by atoms with E-state index in [1.54, 1.807) is 17.0 Å². The minimum atomic E-state index is -3.42. The fourth-order valence-electron chi connectivity index (χ4n) is 4.74. The predicted octanol–water partition coefficient (Wildman–Crippen LogP) is 3.02. The molecular formula is C21H31FN2O5S. The first-order chi connectivity index (χ1) is 14.2. The average molecular weight is 443 g/mol. The number of nitrogens with zero attached hydrogens (tertiary/aromatic N) is 1. The number of carbonyl (C=O) groups excluding carboxylic acids is 1. The van der Waals surface area contributed by atoms with Crippen molar-refractivity contribution < 1.29 is 27.1 Å². The van der Waals surface area contributed by atoms with Crippen LogP contribution in [0.5, 0.6) is 0 Å². The monoisotopic (exact) mass is 442 g/mol. The minimum absolute atomic E-state index is 0.0316. The van der Waals surface area contributed by atoms with E-state index in [9.17, 15) is 17.6 Å². The van der Waals surface area contributed by atoms with Crippen molar-refractivity contribution >= 4 is 16.1 Å². The van der Waals surface area contributed by atoms with Crippen LogP contribution in [0, 0.1) is 5.82 Å². The number of carbonyl (C=O) groups is 1. The highest BCUT2D eigenvalue weighted by Gasteiger charge is 2.44. The van der Waals surface area contributed by atoms with E-state index in [2.05, 4.69) is 4.72 Å². The molecule has 0 unspecified atom stereocenters. The van der Waals surface area contributed by atoms with Gasteiger partial charge in [0.15, 0.2) is 0 Å². The third-order valence-corrected chi connectivity index (χ3v) is 6.87. The van der Waals surface area contributed by atoms with Gasteiger partial charge in [-0.3, -0.25) is 4.90 Å². The third-order valence-electron chi connectivity index (χ3n) is 6.14. The Labute approximate surface area is 178 Å². The molecule has 168 valence electrons. The van der Waals surface area contributed by atoms with Gasteiger partial charge in [-0.05, 0) is 62.6 Å². The smallest absolute Gasteiger partial charge is 0.410 e. The molecule has 1 saturated carbocycles. The molecule has 3 atom stereocenters. The molecule has 1 amide bonds. The Morgan fingerprint density at radius 2 is 1.97 bits per heavy atom. The molecule has 2 fully saturated rings. The summed E-state index contributed by atoms with van der Waals surface area (Å²) >= 11 is 0. The molecule has 0 bridgehead atoms. The summed E-state index contributed by atoms with van der Waals surface area (Å²) in [6.07, 6.45) is 4.65. The first-order valence-corrected chi connectivity index (χ1v) is 12.3. The second-order valence-electron chi connectivity index (χ2n) is 8.39. The highest BCUT2D eigenvalue weighted by Crippen LogP contribution is 2.35. The first-order valence-electron chi connectivity index (χ1n) is 10.4. The van der Waals surface area contributed by atoms with Crippen LogP contribution in [-0.4, -0.2) is 63.6 Å². The van der Waals surface area contributed by atoms with E-state index in [0.29, 0.717) is 12.3 Å². The molecule has 1 aliphatic heterocycles. The normalized spacial score (nSPS) is 29.7. The van der Waals surface area contributed by atoms with Gasteiger partial charge in [0.2, 0.25) is 10.0 Å². The maximum atomic E-state index is 13.5. The molecular weight excluding hydrogens is 411 g/mol. The van der Waals surface area contributed by atoms with Gasteiger partial charge in [-0.25, -0.2) is 22.3 Å². The number of hydrogen-bond donors (Lipinski definition) is 1. The fraction of sp³-hybridized carbons (Fsp3) is 0.667. The summed E-state index contributed by atoms with van der Waals surface area (Å²) in [7, 11) is -2.10. The number of amides is 1. The van der Waals surface area contributed by atoms with Crippen molar-refractivity contribution in [1.29, 1.82) is 0 Å². The summed E-state index contributed by atoms with van der Waals surface area (Å²) < 4.78 is 50.7. The van der Waals surface area contributed by atoms with E-state index in [4.69, 9.17) is 9.47 Å². The molecule has 3 rings (SSSR count). The Balaban J connectivity index is 1.60. The van der Waals surface area contributed by atoms with Crippen LogP contribution in [0.25, 0.3) is 0 Å². The van der Waals surface area contributed by atoms with Crippen molar-refractivity contribution in [1.82, 2.24) is 9.62 Å². The first kappa shape index (κ1) is 23.0. The van der Waals surface area contributed by atoms with E-state index >= 15 is 0 Å². The number of rotatable bonds is 6. The zero-order chi connectivity index (χ0) is 21.9. The fourth-order valence-corrected chi connectivity index (χ4v) is 5.54. The lowest BCUT2D eigenvalue weighted by molar-refractivity contribution is -0.00860. The van der Waals surface area contributed by atoms with Crippen LogP contribution in [0.1, 0.15) is 50.5 Å². The summed E-state index contributed by atoms with van der Waals surface area (Å²) in [4.78, 5) is 13.8. The molecule has 7 nitrogen and oxygen atoms in total. The standard InChI is InChI=1S/C21H31FN2O5S/c1-14-11-19(23-30(3,26)27)20(24(14)21(25)28-2)13-29-18-9-7-15(8-10-18)16-5-4-6-17(22)12-16/h4-6,12,14-15,18-20,23H,7-11,13H2,1-3H3/t14-,15-,18+,19+,20+/m0/s1. The van der Waals surface area contributed by atoms with E-state index in [-0.39, 0.29) is 24.6 Å². The Morgan fingerprint density at radius 3 is 2.57 bits per heavy atom. The van der Waals surface area contributed by atoms with Crippen LogP contribution >= 0.6 is 0 Å². The topological polar surface area (TPSA) is 84.9 Å². The summed E-state index contributed by atoms with van der Waals surface area (Å²) in [5, 5.41) is 0. The number of likely N-dealkylation sites (tertiary alicyclic amines) is 1. The van der Waals surface area contributed by atoms with Crippen LogP contribution in [0.4, 0.5) is 9.18 Å². The van der Waals surface area contributed by atoms with E-state index < -0.39 is 28.2 Å². The van der Waals surface area contributed by atoms with Crippen LogP contribution in [0.3, 0.4) is 0 Å². The van der Waals surface area contributed by atoms with Crippen LogP contribution in [-0.2, 0) is 19.5 Å². The Hall–Kier alpha value is -1.71. The zero-order valence-corrected chi connectivity index (χ0v) is 18.5. The van der Waals surface area contributed by atoms with Crippen molar-refractivity contribution in [2.45, 2.75) is 69.2 Å². The van der Waals surface area contributed by atoms with Gasteiger partial charge in [0.05, 0.1) is 32.1 Å². The van der Waals surface area contributed by atoms with E-state index in [0.717, 1.165) is 37.5 Å². The molecule has 9 heteroatoms. The van der Waals surface area contributed by atoms with Crippen molar-refractivity contribution in [3.05, 3.63) is 35.6 Å². The Kier molecular flexibility index (Phi) is 7.36. The number of hydrogen-bond acceptors (Lipinski definition) is 5. The lowest BCUT2D eigenvalue weighted by Gasteiger charge is -2.33. The molecule has 1 heterocycles. The summed E-state index contributed by atoms with van der Waals surface area (Å²) in [6.45, 7) is 2.11. The van der Waals surface area contributed by atoms with E-state index in [1.807, 2.05) is 13.0 Å². The van der Waals surface area contributed by atoms with Crippen molar-refractivity contribution in [3.63, 3.8) is 0 Å². The molecule has 0 radical (unpaired) electrons. The summed E-state index contributed by atoms with van der Waals surface area (Å²) in [5.41, 5.74) is 1.02. The van der Waals surface area contributed by atoms with Gasteiger partial charge < -0.3 is 9.47 Å². The largest absolute Gasteiger partial charge is 0.453 e. The quantitative estimate of drug-likeness (QED) is 0.732. The maximum absolute atomic E-state index is 13.5. The summed E-state index contributed by atoms with van der Waals surface area (Å²) in [5.74, 6) is 0.104. The number of halogens is 1. The van der Waals surface area contributed by atoms with Gasteiger partial charge in [0.1, 0.15) is 5.82 Å². The number of nitrogens with one attached hydrogen (secondary N) is 1. The number of ether oxygens (including phenoxy) is 2. The Bertz CT molecular complexity index is 842. The predicted molar refractivity (Wildman–Crippen MR) is 111 cm³/mol. The number of methoxy groups -OCH3 is 1. The van der Waals surface area contributed by atoms with E-state index in [1.165, 1.54) is 13.2 Å². The molecule has 1 aromatic rings. The molecule has 0 spiro atoms. The lowest BCUT2D eigenvalue weighted by Crippen LogP contribution is -2.50. The molecule has 1 N–H and O–H groups in total. The number of benzene rings is 1. The van der Waals surface area contributed by atoms with Crippen molar-refractivity contribution in [3.8, 4) is 0 Å². The SMILES string of the molecule is COC(=O)N1[C@H](CO[C@H]2CC[C@@H](c3cccc(F)c3)CC2)[C@H](NS(C)(=O)=O)C[C@@H]1C. The second kappa shape index (κ2) is 9.62. The van der Waals surface area contributed by atoms with Gasteiger partial charge >= 0.3 is 6.09 Å². The highest BCUT2D eigenvalue weighted by molar-refractivity contribution is 7.88. The molecule has 1 aliphatic carbocycles. The van der Waals surface area contributed by atoms with Gasteiger partial charge in [-0.1, -0.05) is 12.1 Å². The second-order valence-corrected chi connectivity index (χ2v) is 10.2. The van der Waals surface area contributed by atoms with Gasteiger partial charge in [0.25, 0.3) is 0 Å². The highest BCUT2D eigenvalue weighted by atomic mass is 32.2. The summed E-state index contributed by atoms with van der Waals surface area (Å²) in [6, 6.07) is 5.75. The molecule has 2 aliphatic rings. The van der Waals surface area contributed by atoms with Crippen molar-refractivity contribution in [2.75, 3.05) is 20.0 Å². The molecule has 1 saturated heterocycles. The van der Waals surface area contributed by atoms with Gasteiger partial charge in [0, 0.05) is 12.1 Å². The molecule has 1 aromatic carbocycles. The number of sulfonamides is 1. The zero-order valence-electron chi connectivity index (χ0n) is 17.7. The van der Waals surface area contributed by atoms with Crippen LogP contribution in [0.2, 0.25) is 0 Å². The van der Waals surface area contributed by atoms with Crippen LogP contribution in [0.15, 0.2) is 24.3 Å². The van der Waals surface area contributed by atoms with Gasteiger partial charge in [-0.15, -0.1) is 0 Å². The lowest BCUT2D eigenvalue weighted by atomic mass is 9.82. The average Bonchev–Trinajstić information content (AvgIpc) is 2.99. The Morgan fingerprint density at radius 1 is 1.27 bits per heavy atom. The minimum Gasteiger partial charge on any atom is -0.453 e. The maximum Gasteiger partial charge on any atom is 0.410 e. The van der Waals surface area contributed by atoms with Crippen LogP contribution < -0.4 is 4.72 Å². The van der Waals surface area contributed by atoms with Crippen molar-refractivity contribution in [2.24, 2.45) is 0 Å². The third kappa shape index (κ3) is 5.70. The van der Waals surface area contributed by atoms with Gasteiger partial charge in [-0.2, -0.15) is 0 Å². The molecule has 30 heavy (non-hydrogen) atoms.